The lowest BCUT2D eigenvalue weighted by Crippen LogP contribution is -2.03. The first-order valence-corrected chi connectivity index (χ1v) is 6.14. The van der Waals surface area contributed by atoms with Crippen molar-refractivity contribution in [3.05, 3.63) is 64.3 Å². The molecule has 6 heteroatoms. The Morgan fingerprint density at radius 2 is 2.05 bits per heavy atom. The van der Waals surface area contributed by atoms with Gasteiger partial charge in [0.1, 0.15) is 0 Å². The van der Waals surface area contributed by atoms with Crippen molar-refractivity contribution in [1.29, 1.82) is 0 Å². The zero-order valence-electron chi connectivity index (χ0n) is 10.5. The molecule has 0 aliphatic heterocycles. The highest BCUT2D eigenvalue weighted by molar-refractivity contribution is 5.90. The van der Waals surface area contributed by atoms with Crippen LogP contribution in [0.15, 0.2) is 48.7 Å². The number of aromatic amines is 1. The summed E-state index contributed by atoms with van der Waals surface area (Å²) in [7, 11) is 0. The molecule has 0 saturated heterocycles. The number of benzene rings is 2. The van der Waals surface area contributed by atoms with Crippen LogP contribution in [-0.4, -0.2) is 15.1 Å². The van der Waals surface area contributed by atoms with E-state index in [1.807, 2.05) is 18.2 Å². The third kappa shape index (κ3) is 2.18. The van der Waals surface area contributed by atoms with Gasteiger partial charge in [-0.1, -0.05) is 24.3 Å². The Morgan fingerprint density at radius 1 is 1.20 bits per heavy atom. The monoisotopic (exact) mass is 268 g/mol. The van der Waals surface area contributed by atoms with Gasteiger partial charge in [0.2, 0.25) is 0 Å². The summed E-state index contributed by atoms with van der Waals surface area (Å²) < 4.78 is 0. The minimum atomic E-state index is -0.366. The van der Waals surface area contributed by atoms with Gasteiger partial charge in [0.05, 0.1) is 16.6 Å². The fraction of sp³-hybridized carbons (Fsp3) is 0.0714. The average Bonchev–Trinajstić information content (AvgIpc) is 2.94. The number of H-pyrrole nitrogens is 1. The van der Waals surface area contributed by atoms with Crippen molar-refractivity contribution in [1.82, 2.24) is 10.2 Å². The molecule has 0 bridgehead atoms. The quantitative estimate of drug-likeness (QED) is 0.562. The summed E-state index contributed by atoms with van der Waals surface area (Å²) in [5.74, 6) is 0. The molecule has 1 aromatic heterocycles. The molecule has 0 atom stereocenters. The van der Waals surface area contributed by atoms with Crippen molar-refractivity contribution >= 4 is 22.3 Å². The number of nitrogens with one attached hydrogen (secondary N) is 2. The molecule has 3 aromatic rings. The van der Waals surface area contributed by atoms with Crippen LogP contribution in [0.3, 0.4) is 0 Å². The second kappa shape index (κ2) is 5.00. The Hall–Kier alpha value is -2.89. The van der Waals surface area contributed by atoms with Crippen LogP contribution in [0.5, 0.6) is 0 Å². The smallest absolute Gasteiger partial charge is 0.274 e. The first kappa shape index (κ1) is 12.2. The van der Waals surface area contributed by atoms with Crippen LogP contribution in [0.4, 0.5) is 11.4 Å². The fourth-order valence-corrected chi connectivity index (χ4v) is 2.15. The molecule has 0 spiro atoms. The van der Waals surface area contributed by atoms with Gasteiger partial charge in [0.25, 0.3) is 5.69 Å². The Labute approximate surface area is 114 Å². The number of hydrogen-bond acceptors (Lipinski definition) is 4. The van der Waals surface area contributed by atoms with Crippen LogP contribution in [0.2, 0.25) is 0 Å². The number of fused-ring (bicyclic) bond motifs is 1. The second-order valence-electron chi connectivity index (χ2n) is 4.38. The molecule has 2 aromatic carbocycles. The summed E-state index contributed by atoms with van der Waals surface area (Å²) >= 11 is 0. The highest BCUT2D eigenvalue weighted by atomic mass is 16.6. The van der Waals surface area contributed by atoms with E-state index in [0.717, 1.165) is 16.6 Å². The molecular formula is C14H12N4O2. The van der Waals surface area contributed by atoms with Crippen molar-refractivity contribution in [2.75, 3.05) is 5.32 Å². The van der Waals surface area contributed by atoms with E-state index in [2.05, 4.69) is 15.5 Å². The van der Waals surface area contributed by atoms with Crippen LogP contribution in [0, 0.1) is 10.1 Å². The van der Waals surface area contributed by atoms with E-state index in [1.165, 1.54) is 6.07 Å². The fourth-order valence-electron chi connectivity index (χ4n) is 2.15. The summed E-state index contributed by atoms with van der Waals surface area (Å²) in [4.78, 5) is 10.6. The lowest BCUT2D eigenvalue weighted by atomic mass is 10.1. The van der Waals surface area contributed by atoms with Crippen molar-refractivity contribution in [2.45, 2.75) is 6.54 Å². The molecule has 0 radical (unpaired) electrons. The van der Waals surface area contributed by atoms with Crippen LogP contribution in [0.1, 0.15) is 5.56 Å². The molecule has 0 aliphatic rings. The number of hydrogen-bond donors (Lipinski definition) is 2. The number of anilines is 1. The molecule has 0 unspecified atom stereocenters. The predicted molar refractivity (Wildman–Crippen MR) is 76.5 cm³/mol. The van der Waals surface area contributed by atoms with E-state index in [0.29, 0.717) is 12.1 Å². The van der Waals surface area contributed by atoms with Gasteiger partial charge in [-0.25, -0.2) is 0 Å². The van der Waals surface area contributed by atoms with Crippen LogP contribution >= 0.6 is 0 Å². The summed E-state index contributed by atoms with van der Waals surface area (Å²) in [5, 5.41) is 22.0. The minimum absolute atomic E-state index is 0.124. The van der Waals surface area contributed by atoms with Gasteiger partial charge in [-0.3, -0.25) is 15.2 Å². The maximum Gasteiger partial charge on any atom is 0.274 e. The maximum atomic E-state index is 11.0. The molecule has 1 heterocycles. The third-order valence-electron chi connectivity index (χ3n) is 3.14. The van der Waals surface area contributed by atoms with E-state index in [1.54, 1.807) is 24.4 Å². The average molecular weight is 268 g/mol. The topological polar surface area (TPSA) is 83.9 Å². The molecule has 20 heavy (non-hydrogen) atoms. The Bertz CT molecular complexity index is 766. The van der Waals surface area contributed by atoms with Crippen LogP contribution in [-0.2, 0) is 6.54 Å². The number of nitrogens with zero attached hydrogens (tertiary/aromatic N) is 2. The van der Waals surface area contributed by atoms with Gasteiger partial charge in [-0.2, -0.15) is 5.10 Å². The second-order valence-corrected chi connectivity index (χ2v) is 4.38. The standard InChI is InChI=1S/C14H12N4O2/c19-18(20)14-7-2-1-4-10(14)8-15-12-5-3-6-13-11(12)9-16-17-13/h1-7,9,15H,8H2,(H,16,17). The molecule has 100 valence electrons. The van der Waals surface area contributed by atoms with E-state index in [-0.39, 0.29) is 10.6 Å². The highest BCUT2D eigenvalue weighted by Crippen LogP contribution is 2.23. The molecule has 2 N–H and O–H groups in total. The van der Waals surface area contributed by atoms with Gasteiger partial charge < -0.3 is 5.32 Å². The minimum Gasteiger partial charge on any atom is -0.380 e. The van der Waals surface area contributed by atoms with Gasteiger partial charge in [0, 0.05) is 29.2 Å². The summed E-state index contributed by atoms with van der Waals surface area (Å²) in [6.07, 6.45) is 1.73. The Morgan fingerprint density at radius 3 is 2.90 bits per heavy atom. The zero-order chi connectivity index (χ0) is 13.9. The number of para-hydroxylation sites is 1. The normalized spacial score (nSPS) is 10.6. The van der Waals surface area contributed by atoms with E-state index in [9.17, 15) is 10.1 Å². The van der Waals surface area contributed by atoms with Crippen LogP contribution < -0.4 is 5.32 Å². The predicted octanol–water partition coefficient (Wildman–Crippen LogP) is 3.08. The summed E-state index contributed by atoms with van der Waals surface area (Å²) in [6.45, 7) is 0.390. The van der Waals surface area contributed by atoms with Gasteiger partial charge >= 0.3 is 0 Å². The first-order valence-electron chi connectivity index (χ1n) is 6.14. The Balaban J connectivity index is 1.87. The molecule has 0 fully saturated rings. The number of rotatable bonds is 4. The van der Waals surface area contributed by atoms with Crippen molar-refractivity contribution in [3.8, 4) is 0 Å². The lowest BCUT2D eigenvalue weighted by molar-refractivity contribution is -0.385. The van der Waals surface area contributed by atoms with Crippen molar-refractivity contribution in [2.24, 2.45) is 0 Å². The van der Waals surface area contributed by atoms with Crippen LogP contribution in [0.25, 0.3) is 10.9 Å². The highest BCUT2D eigenvalue weighted by Gasteiger charge is 2.12. The molecule has 0 aliphatic carbocycles. The number of nitro groups is 1. The summed E-state index contributed by atoms with van der Waals surface area (Å²) in [5.41, 5.74) is 2.60. The van der Waals surface area contributed by atoms with Crippen molar-refractivity contribution in [3.63, 3.8) is 0 Å². The largest absolute Gasteiger partial charge is 0.380 e. The zero-order valence-corrected chi connectivity index (χ0v) is 10.5. The van der Waals surface area contributed by atoms with Crippen molar-refractivity contribution < 1.29 is 4.92 Å². The van der Waals surface area contributed by atoms with E-state index >= 15 is 0 Å². The molecule has 0 amide bonds. The molecule has 6 nitrogen and oxygen atoms in total. The third-order valence-corrected chi connectivity index (χ3v) is 3.14. The summed E-state index contributed by atoms with van der Waals surface area (Å²) in [6, 6.07) is 12.5. The lowest BCUT2D eigenvalue weighted by Gasteiger charge is -2.08. The first-order chi connectivity index (χ1) is 9.75. The number of nitro benzene ring substituents is 1. The van der Waals surface area contributed by atoms with Gasteiger partial charge in [-0.15, -0.1) is 0 Å². The van der Waals surface area contributed by atoms with Gasteiger partial charge in [-0.05, 0) is 12.1 Å². The molecular weight excluding hydrogens is 256 g/mol. The Kier molecular flexibility index (Phi) is 3.04. The van der Waals surface area contributed by atoms with Gasteiger partial charge in [0.15, 0.2) is 0 Å². The van der Waals surface area contributed by atoms with E-state index < -0.39 is 0 Å². The molecule has 3 rings (SSSR count). The van der Waals surface area contributed by atoms with E-state index in [4.69, 9.17) is 0 Å². The SMILES string of the molecule is O=[N+]([O-])c1ccccc1CNc1cccc2[nH]ncc12. The molecule has 0 saturated carbocycles. The maximum absolute atomic E-state index is 11.0. The number of aromatic nitrogens is 2.